The Hall–Kier alpha value is -1.39. The fourth-order valence-corrected chi connectivity index (χ4v) is 2.73. The second-order valence-electron chi connectivity index (χ2n) is 3.54. The molecule has 2 rings (SSSR count). The van der Waals surface area contributed by atoms with Gasteiger partial charge in [-0.3, -0.25) is 4.98 Å². The molecule has 0 spiro atoms. The minimum Gasteiger partial charge on any atom is -0.261 e. The molecule has 0 saturated heterocycles. The Morgan fingerprint density at radius 3 is 2.41 bits per heavy atom. The highest BCUT2D eigenvalue weighted by atomic mass is 35.7. The molecule has 2 aromatic rings. The molecule has 0 N–H and O–H groups in total. The van der Waals surface area contributed by atoms with Gasteiger partial charge in [0.2, 0.25) is 0 Å². The average molecular weight is 268 g/mol. The highest BCUT2D eigenvalue weighted by molar-refractivity contribution is 8.13. The lowest BCUT2D eigenvalue weighted by molar-refractivity contribution is 0.608. The second-order valence-corrected chi connectivity index (χ2v) is 6.08. The normalized spacial score (nSPS) is 11.4. The molecule has 0 saturated carbocycles. The summed E-state index contributed by atoms with van der Waals surface area (Å²) < 4.78 is 22.8. The summed E-state index contributed by atoms with van der Waals surface area (Å²) in [5.41, 5.74) is 1.46. The standard InChI is InChI=1S/C12H10ClNO2S/c13-17(15,16)12-7-2-1-5-10(12)9-11-6-3-4-8-14-11/h1-8H,9H2. The molecule has 5 heteroatoms. The number of rotatable bonds is 3. The third-order valence-electron chi connectivity index (χ3n) is 2.33. The number of aromatic nitrogens is 1. The van der Waals surface area contributed by atoms with Crippen LogP contribution in [-0.4, -0.2) is 13.4 Å². The molecule has 1 aromatic heterocycles. The molecule has 0 radical (unpaired) electrons. The SMILES string of the molecule is O=S(=O)(Cl)c1ccccc1Cc1ccccn1. The van der Waals surface area contributed by atoms with Gasteiger partial charge in [-0.15, -0.1) is 0 Å². The van der Waals surface area contributed by atoms with Crippen LogP contribution in [-0.2, 0) is 15.5 Å². The number of hydrogen-bond acceptors (Lipinski definition) is 3. The van der Waals surface area contributed by atoms with Gasteiger partial charge >= 0.3 is 0 Å². The fourth-order valence-electron chi connectivity index (χ4n) is 1.59. The maximum absolute atomic E-state index is 11.4. The number of nitrogens with zero attached hydrogens (tertiary/aromatic N) is 1. The van der Waals surface area contributed by atoms with E-state index >= 15 is 0 Å². The summed E-state index contributed by atoms with van der Waals surface area (Å²) in [6.07, 6.45) is 2.12. The molecule has 1 aromatic carbocycles. The third kappa shape index (κ3) is 3.05. The maximum atomic E-state index is 11.4. The number of benzene rings is 1. The Balaban J connectivity index is 2.41. The Bertz CT molecular complexity index is 611. The zero-order valence-corrected chi connectivity index (χ0v) is 10.4. The van der Waals surface area contributed by atoms with E-state index in [1.807, 2.05) is 18.2 Å². The van der Waals surface area contributed by atoms with Crippen LogP contribution in [0.3, 0.4) is 0 Å². The van der Waals surface area contributed by atoms with E-state index in [2.05, 4.69) is 4.98 Å². The number of hydrogen-bond donors (Lipinski definition) is 0. The molecule has 3 nitrogen and oxygen atoms in total. The zero-order valence-electron chi connectivity index (χ0n) is 8.88. The van der Waals surface area contributed by atoms with Crippen molar-refractivity contribution in [2.45, 2.75) is 11.3 Å². The first-order valence-electron chi connectivity index (χ1n) is 5.00. The Labute approximate surface area is 105 Å². The van der Waals surface area contributed by atoms with E-state index < -0.39 is 9.05 Å². The first-order chi connectivity index (χ1) is 8.07. The van der Waals surface area contributed by atoms with Crippen LogP contribution in [0.2, 0.25) is 0 Å². The number of pyridine rings is 1. The van der Waals surface area contributed by atoms with Crippen LogP contribution in [0.25, 0.3) is 0 Å². The van der Waals surface area contributed by atoms with Crippen LogP contribution in [0.15, 0.2) is 53.6 Å². The summed E-state index contributed by atoms with van der Waals surface area (Å²) in [6.45, 7) is 0. The molecule has 88 valence electrons. The van der Waals surface area contributed by atoms with Gasteiger partial charge in [-0.05, 0) is 23.8 Å². The van der Waals surface area contributed by atoms with Crippen LogP contribution < -0.4 is 0 Å². The zero-order chi connectivity index (χ0) is 12.3. The lowest BCUT2D eigenvalue weighted by Gasteiger charge is -2.05. The van der Waals surface area contributed by atoms with Gasteiger partial charge in [0, 0.05) is 29.0 Å². The molecule has 0 aliphatic rings. The van der Waals surface area contributed by atoms with E-state index in [0.29, 0.717) is 12.0 Å². The summed E-state index contributed by atoms with van der Waals surface area (Å²) in [6, 6.07) is 12.2. The lowest BCUT2D eigenvalue weighted by atomic mass is 10.1. The highest BCUT2D eigenvalue weighted by Gasteiger charge is 2.15. The van der Waals surface area contributed by atoms with Crippen molar-refractivity contribution >= 4 is 19.7 Å². The Kier molecular flexibility index (Phi) is 3.45. The van der Waals surface area contributed by atoms with Crippen molar-refractivity contribution in [3.63, 3.8) is 0 Å². The molecule has 0 aliphatic heterocycles. The smallest absolute Gasteiger partial charge is 0.261 e. The predicted molar refractivity (Wildman–Crippen MR) is 66.5 cm³/mol. The summed E-state index contributed by atoms with van der Waals surface area (Å²) in [4.78, 5) is 4.30. The number of halogens is 1. The molecule has 0 bridgehead atoms. The van der Waals surface area contributed by atoms with Gasteiger partial charge in [0.1, 0.15) is 0 Å². The van der Waals surface area contributed by atoms with E-state index in [9.17, 15) is 8.42 Å². The van der Waals surface area contributed by atoms with E-state index in [1.54, 1.807) is 24.4 Å². The van der Waals surface area contributed by atoms with Crippen LogP contribution in [0.1, 0.15) is 11.3 Å². The fraction of sp³-hybridized carbons (Fsp3) is 0.0833. The van der Waals surface area contributed by atoms with E-state index in [-0.39, 0.29) is 4.90 Å². The molecule has 0 fully saturated rings. The monoisotopic (exact) mass is 267 g/mol. The molecule has 1 heterocycles. The average Bonchev–Trinajstić information content (AvgIpc) is 2.30. The van der Waals surface area contributed by atoms with Gasteiger partial charge in [0.15, 0.2) is 0 Å². The van der Waals surface area contributed by atoms with Crippen molar-refractivity contribution in [3.8, 4) is 0 Å². The largest absolute Gasteiger partial charge is 0.261 e. The first-order valence-corrected chi connectivity index (χ1v) is 7.31. The molecular formula is C12H10ClNO2S. The summed E-state index contributed by atoms with van der Waals surface area (Å²) >= 11 is 0. The molecule has 0 atom stereocenters. The molecule has 0 aliphatic carbocycles. The summed E-state index contributed by atoms with van der Waals surface area (Å²) in [7, 11) is 1.67. The van der Waals surface area contributed by atoms with Crippen LogP contribution in [0.4, 0.5) is 0 Å². The van der Waals surface area contributed by atoms with Crippen molar-refractivity contribution in [2.75, 3.05) is 0 Å². The second kappa shape index (κ2) is 4.85. The van der Waals surface area contributed by atoms with Gasteiger partial charge in [0.25, 0.3) is 9.05 Å². The van der Waals surface area contributed by atoms with Crippen molar-refractivity contribution in [1.82, 2.24) is 4.98 Å². The minimum absolute atomic E-state index is 0.146. The highest BCUT2D eigenvalue weighted by Crippen LogP contribution is 2.21. The van der Waals surface area contributed by atoms with E-state index in [4.69, 9.17) is 10.7 Å². The van der Waals surface area contributed by atoms with Crippen LogP contribution in [0.5, 0.6) is 0 Å². The van der Waals surface area contributed by atoms with Crippen molar-refractivity contribution in [1.29, 1.82) is 0 Å². The maximum Gasteiger partial charge on any atom is 0.261 e. The Morgan fingerprint density at radius 2 is 1.76 bits per heavy atom. The molecule has 0 amide bonds. The quantitative estimate of drug-likeness (QED) is 0.803. The van der Waals surface area contributed by atoms with Gasteiger partial charge in [-0.1, -0.05) is 24.3 Å². The summed E-state index contributed by atoms with van der Waals surface area (Å²) in [5, 5.41) is 0. The van der Waals surface area contributed by atoms with Crippen LogP contribution in [0, 0.1) is 0 Å². The van der Waals surface area contributed by atoms with Crippen molar-refractivity contribution < 1.29 is 8.42 Å². The van der Waals surface area contributed by atoms with Crippen molar-refractivity contribution in [3.05, 3.63) is 59.9 Å². The molecule has 0 unspecified atom stereocenters. The third-order valence-corrected chi connectivity index (χ3v) is 3.76. The van der Waals surface area contributed by atoms with Crippen LogP contribution >= 0.6 is 10.7 Å². The summed E-state index contributed by atoms with van der Waals surface area (Å²) in [5.74, 6) is 0. The van der Waals surface area contributed by atoms with E-state index in [0.717, 1.165) is 5.69 Å². The predicted octanol–water partition coefficient (Wildman–Crippen LogP) is 2.60. The van der Waals surface area contributed by atoms with Gasteiger partial charge in [-0.25, -0.2) is 8.42 Å². The van der Waals surface area contributed by atoms with Gasteiger partial charge in [0.05, 0.1) is 4.90 Å². The topological polar surface area (TPSA) is 47.0 Å². The lowest BCUT2D eigenvalue weighted by Crippen LogP contribution is -1.99. The van der Waals surface area contributed by atoms with Crippen molar-refractivity contribution in [2.24, 2.45) is 0 Å². The molecular weight excluding hydrogens is 258 g/mol. The molecule has 17 heavy (non-hydrogen) atoms. The first kappa shape index (κ1) is 12.1. The van der Waals surface area contributed by atoms with E-state index in [1.165, 1.54) is 6.07 Å². The Morgan fingerprint density at radius 1 is 1.06 bits per heavy atom. The van der Waals surface area contributed by atoms with Gasteiger partial charge < -0.3 is 0 Å². The minimum atomic E-state index is -3.71. The van der Waals surface area contributed by atoms with Gasteiger partial charge in [-0.2, -0.15) is 0 Å².